The number of aryl methyl sites for hydroxylation is 1. The van der Waals surface area contributed by atoms with Crippen molar-refractivity contribution in [1.29, 1.82) is 0 Å². The minimum Gasteiger partial charge on any atom is -0.268 e. The van der Waals surface area contributed by atoms with E-state index in [9.17, 15) is 16.8 Å². The van der Waals surface area contributed by atoms with Gasteiger partial charge in [0.2, 0.25) is 9.84 Å². The lowest BCUT2D eigenvalue weighted by Crippen LogP contribution is -2.37. The molecule has 0 atom stereocenters. The van der Waals surface area contributed by atoms with Gasteiger partial charge in [0, 0.05) is 5.56 Å². The maximum absolute atomic E-state index is 13.0. The molecule has 26 heavy (non-hydrogen) atoms. The summed E-state index contributed by atoms with van der Waals surface area (Å²) in [7, 11) is -8.36. The third-order valence-corrected chi connectivity index (χ3v) is 7.01. The molecule has 0 fully saturated rings. The Labute approximate surface area is 162 Å². The average molecular weight is 436 g/mol. The Morgan fingerprint density at radius 2 is 1.50 bits per heavy atom. The van der Waals surface area contributed by atoms with Gasteiger partial charge >= 0.3 is 10.1 Å². The Kier molecular flexibility index (Phi) is 6.02. The fraction of sp³-hybridized carbons (Fsp3) is 0.188. The zero-order valence-corrected chi connectivity index (χ0v) is 16.9. The fourth-order valence-electron chi connectivity index (χ4n) is 2.08. The monoisotopic (exact) mass is 435 g/mol. The lowest BCUT2D eigenvalue weighted by Gasteiger charge is -2.22. The number of nitrogens with zero attached hydrogens (tertiary/aromatic N) is 1. The molecule has 2 rings (SSSR count). The molecule has 0 unspecified atom stereocenters. The highest BCUT2D eigenvalue weighted by molar-refractivity contribution is 7.96. The van der Waals surface area contributed by atoms with E-state index in [0.717, 1.165) is 6.26 Å². The van der Waals surface area contributed by atoms with Crippen LogP contribution in [0.1, 0.15) is 11.1 Å². The number of halogens is 2. The van der Waals surface area contributed by atoms with Gasteiger partial charge in [0.05, 0.1) is 11.2 Å². The molecule has 0 spiro atoms. The standard InChI is InChI=1S/C16H15Cl2NO5S2/c1-12-8-6-7-11-14(12)15(19-24-25(2,20)21)16(17,18)26(22,23)13-9-4-3-5-10-13/h3-11H,1-2H3. The molecule has 0 saturated carbocycles. The summed E-state index contributed by atoms with van der Waals surface area (Å²) in [4.78, 5) is -0.148. The number of hydrogen-bond donors (Lipinski definition) is 0. The van der Waals surface area contributed by atoms with Crippen molar-refractivity contribution < 1.29 is 21.1 Å². The molecule has 0 aromatic heterocycles. The SMILES string of the molecule is Cc1ccccc1C(=NOS(C)(=O)=O)C(Cl)(Cl)S(=O)(=O)c1ccccc1. The topological polar surface area (TPSA) is 89.9 Å². The summed E-state index contributed by atoms with van der Waals surface area (Å²) in [6, 6.07) is 13.8. The van der Waals surface area contributed by atoms with E-state index in [0.29, 0.717) is 5.56 Å². The Hall–Kier alpha value is -1.61. The van der Waals surface area contributed by atoms with Gasteiger partial charge in [0.1, 0.15) is 5.71 Å². The van der Waals surface area contributed by atoms with Crippen LogP contribution in [-0.2, 0) is 24.2 Å². The van der Waals surface area contributed by atoms with Gasteiger partial charge in [-0.25, -0.2) is 8.42 Å². The van der Waals surface area contributed by atoms with E-state index >= 15 is 0 Å². The smallest absolute Gasteiger partial charge is 0.268 e. The zero-order chi connectivity index (χ0) is 19.6. The van der Waals surface area contributed by atoms with Crippen LogP contribution in [0.25, 0.3) is 0 Å². The lowest BCUT2D eigenvalue weighted by atomic mass is 10.1. The molecule has 0 N–H and O–H groups in total. The molecule has 0 aliphatic carbocycles. The van der Waals surface area contributed by atoms with E-state index in [2.05, 4.69) is 9.44 Å². The van der Waals surface area contributed by atoms with Gasteiger partial charge in [0.15, 0.2) is 0 Å². The molecule has 10 heteroatoms. The number of oxime groups is 1. The average Bonchev–Trinajstić information content (AvgIpc) is 2.56. The van der Waals surface area contributed by atoms with Gasteiger partial charge in [0.25, 0.3) is 3.67 Å². The summed E-state index contributed by atoms with van der Waals surface area (Å²) in [5, 5.41) is 3.48. The Morgan fingerprint density at radius 3 is 2.04 bits per heavy atom. The Morgan fingerprint density at radius 1 is 0.962 bits per heavy atom. The van der Waals surface area contributed by atoms with Crippen molar-refractivity contribution in [3.63, 3.8) is 0 Å². The second-order valence-electron chi connectivity index (χ2n) is 5.37. The van der Waals surface area contributed by atoms with Crippen LogP contribution >= 0.6 is 23.2 Å². The van der Waals surface area contributed by atoms with Gasteiger partial charge in [-0.15, -0.1) is 0 Å². The van der Waals surface area contributed by atoms with Crippen LogP contribution in [-0.4, -0.2) is 32.5 Å². The first-order chi connectivity index (χ1) is 12.0. The van der Waals surface area contributed by atoms with E-state index in [4.69, 9.17) is 23.2 Å². The highest BCUT2D eigenvalue weighted by Gasteiger charge is 2.48. The normalized spacial score (nSPS) is 13.5. The summed E-state index contributed by atoms with van der Waals surface area (Å²) in [6.45, 7) is 1.67. The maximum Gasteiger partial charge on any atom is 0.325 e. The number of benzene rings is 2. The van der Waals surface area contributed by atoms with Crippen molar-refractivity contribution >= 4 is 48.9 Å². The highest BCUT2D eigenvalue weighted by Crippen LogP contribution is 2.38. The van der Waals surface area contributed by atoms with Gasteiger partial charge in [-0.05, 0) is 24.6 Å². The molecule has 6 nitrogen and oxygen atoms in total. The van der Waals surface area contributed by atoms with E-state index in [1.165, 1.54) is 30.3 Å². The van der Waals surface area contributed by atoms with Gasteiger partial charge < -0.3 is 0 Å². The first kappa shape index (κ1) is 20.7. The summed E-state index contributed by atoms with van der Waals surface area (Å²) < 4.78 is 50.4. The van der Waals surface area contributed by atoms with Crippen molar-refractivity contribution in [1.82, 2.24) is 0 Å². The van der Waals surface area contributed by atoms with Gasteiger partial charge in [-0.2, -0.15) is 8.42 Å². The predicted molar refractivity (Wildman–Crippen MR) is 102 cm³/mol. The molecule has 0 bridgehead atoms. The molecule has 2 aromatic carbocycles. The Bertz CT molecular complexity index is 1030. The minimum atomic E-state index is -4.35. The van der Waals surface area contributed by atoms with Crippen molar-refractivity contribution in [2.24, 2.45) is 5.16 Å². The van der Waals surface area contributed by atoms with Crippen LogP contribution in [0.2, 0.25) is 0 Å². The third-order valence-electron chi connectivity index (χ3n) is 3.33. The second-order valence-corrected chi connectivity index (χ2v) is 10.8. The number of rotatable bonds is 6. The fourth-order valence-corrected chi connectivity index (χ4v) is 4.31. The molecule has 0 heterocycles. The van der Waals surface area contributed by atoms with Crippen LogP contribution in [0.5, 0.6) is 0 Å². The molecular formula is C16H15Cl2NO5S2. The summed E-state index contributed by atoms with van der Waals surface area (Å²) in [5.74, 6) is 0. The molecule has 0 radical (unpaired) electrons. The maximum atomic E-state index is 13.0. The van der Waals surface area contributed by atoms with E-state index in [-0.39, 0.29) is 10.5 Å². The van der Waals surface area contributed by atoms with Crippen molar-refractivity contribution in [3.05, 3.63) is 65.7 Å². The van der Waals surface area contributed by atoms with Crippen LogP contribution in [0.3, 0.4) is 0 Å². The zero-order valence-electron chi connectivity index (χ0n) is 13.8. The molecule has 0 aliphatic heterocycles. The van der Waals surface area contributed by atoms with Gasteiger partial charge in [-0.1, -0.05) is 70.8 Å². The first-order valence-electron chi connectivity index (χ1n) is 7.17. The van der Waals surface area contributed by atoms with Crippen molar-refractivity contribution in [3.8, 4) is 0 Å². The summed E-state index contributed by atoms with van der Waals surface area (Å²) in [6.07, 6.45) is 0.766. The van der Waals surface area contributed by atoms with Crippen LogP contribution in [0, 0.1) is 6.92 Å². The summed E-state index contributed by atoms with van der Waals surface area (Å²) in [5.41, 5.74) is 0.367. The van der Waals surface area contributed by atoms with Crippen molar-refractivity contribution in [2.45, 2.75) is 15.5 Å². The lowest BCUT2D eigenvalue weighted by molar-refractivity contribution is 0.342. The number of sulfone groups is 1. The molecule has 0 amide bonds. The second kappa shape index (κ2) is 7.56. The third kappa shape index (κ3) is 4.37. The molecule has 140 valence electrons. The quantitative estimate of drug-likeness (QED) is 0.394. The van der Waals surface area contributed by atoms with E-state index in [1.54, 1.807) is 31.2 Å². The van der Waals surface area contributed by atoms with E-state index < -0.39 is 29.3 Å². The molecular weight excluding hydrogens is 421 g/mol. The minimum absolute atomic E-state index is 0.148. The number of alkyl halides is 2. The highest BCUT2D eigenvalue weighted by atomic mass is 35.5. The molecule has 0 aliphatic rings. The predicted octanol–water partition coefficient (Wildman–Crippen LogP) is 3.28. The number of hydrogen-bond acceptors (Lipinski definition) is 6. The molecule has 0 saturated heterocycles. The Balaban J connectivity index is 2.70. The molecule has 2 aromatic rings. The van der Waals surface area contributed by atoms with Crippen LogP contribution in [0.4, 0.5) is 0 Å². The summed E-state index contributed by atoms with van der Waals surface area (Å²) >= 11 is 12.5. The first-order valence-corrected chi connectivity index (χ1v) is 11.2. The van der Waals surface area contributed by atoms with Crippen molar-refractivity contribution in [2.75, 3.05) is 6.26 Å². The van der Waals surface area contributed by atoms with E-state index in [1.807, 2.05) is 0 Å². The largest absolute Gasteiger partial charge is 0.325 e. The van der Waals surface area contributed by atoms with Crippen LogP contribution < -0.4 is 0 Å². The van der Waals surface area contributed by atoms with Gasteiger partial charge in [-0.3, -0.25) is 4.28 Å². The van der Waals surface area contributed by atoms with Crippen LogP contribution in [0.15, 0.2) is 64.6 Å².